The van der Waals surface area contributed by atoms with Gasteiger partial charge in [0.05, 0.1) is 18.4 Å². The maximum absolute atomic E-state index is 12.1. The fourth-order valence-electron chi connectivity index (χ4n) is 2.13. The van der Waals surface area contributed by atoms with Crippen LogP contribution in [0.25, 0.3) is 6.08 Å². The van der Waals surface area contributed by atoms with Crippen LogP contribution in [0.1, 0.15) is 39.0 Å². The Kier molecular flexibility index (Phi) is 5.72. The molecule has 2 heterocycles. The van der Waals surface area contributed by atoms with Crippen molar-refractivity contribution in [1.82, 2.24) is 9.78 Å². The molecule has 2 rings (SSSR count). The first-order valence-electron chi connectivity index (χ1n) is 7.57. The van der Waals surface area contributed by atoms with Crippen LogP contribution in [0.2, 0.25) is 0 Å². The van der Waals surface area contributed by atoms with E-state index in [0.29, 0.717) is 15.4 Å². The topological polar surface area (TPSA) is 97.0 Å². The number of rotatable bonds is 5. The summed E-state index contributed by atoms with van der Waals surface area (Å²) in [4.78, 5) is 24.4. The highest BCUT2D eigenvalue weighted by Crippen LogP contribution is 2.33. The number of thiophene rings is 1. The zero-order valence-electron chi connectivity index (χ0n) is 14.4. The number of hydrogen-bond acceptors (Lipinski definition) is 6. The zero-order chi connectivity index (χ0) is 18.6. The van der Waals surface area contributed by atoms with Gasteiger partial charge in [0, 0.05) is 24.4 Å². The Morgan fingerprint density at radius 2 is 2.20 bits per heavy atom. The molecule has 0 aliphatic rings. The number of anilines is 1. The monoisotopic (exact) mass is 358 g/mol. The largest absolute Gasteiger partial charge is 0.462 e. The third kappa shape index (κ3) is 3.95. The molecule has 2 aromatic heterocycles. The van der Waals surface area contributed by atoms with E-state index < -0.39 is 11.9 Å². The summed E-state index contributed by atoms with van der Waals surface area (Å²) < 4.78 is 6.68. The van der Waals surface area contributed by atoms with Crippen molar-refractivity contribution in [1.29, 1.82) is 5.26 Å². The van der Waals surface area contributed by atoms with E-state index in [1.165, 1.54) is 6.08 Å². The van der Waals surface area contributed by atoms with Crippen molar-refractivity contribution >= 4 is 34.3 Å². The number of hydrogen-bond donors (Lipinski definition) is 1. The van der Waals surface area contributed by atoms with Crippen molar-refractivity contribution in [3.8, 4) is 6.07 Å². The number of esters is 1. The highest BCUT2D eigenvalue weighted by atomic mass is 32.1. The molecule has 0 saturated heterocycles. The van der Waals surface area contributed by atoms with Gasteiger partial charge in [-0.15, -0.1) is 11.3 Å². The molecule has 0 aliphatic heterocycles. The highest BCUT2D eigenvalue weighted by molar-refractivity contribution is 7.18. The minimum Gasteiger partial charge on any atom is -0.462 e. The van der Waals surface area contributed by atoms with Gasteiger partial charge >= 0.3 is 5.97 Å². The van der Waals surface area contributed by atoms with Crippen LogP contribution in [-0.2, 0) is 16.6 Å². The third-order valence-electron chi connectivity index (χ3n) is 3.64. The Morgan fingerprint density at radius 3 is 2.76 bits per heavy atom. The van der Waals surface area contributed by atoms with Gasteiger partial charge in [-0.25, -0.2) is 4.79 Å². The molecule has 1 N–H and O–H groups in total. The van der Waals surface area contributed by atoms with Gasteiger partial charge in [-0.05, 0) is 32.4 Å². The fourth-order valence-corrected chi connectivity index (χ4v) is 3.18. The number of nitriles is 1. The summed E-state index contributed by atoms with van der Waals surface area (Å²) in [6.07, 6.45) is 4.68. The van der Waals surface area contributed by atoms with Crippen molar-refractivity contribution in [3.63, 3.8) is 0 Å². The van der Waals surface area contributed by atoms with Gasteiger partial charge in [0.1, 0.15) is 15.9 Å². The number of nitrogens with one attached hydrogen (secondary N) is 1. The van der Waals surface area contributed by atoms with Crippen molar-refractivity contribution in [2.75, 3.05) is 11.9 Å². The number of carbonyl (C=O) groups is 2. The van der Waals surface area contributed by atoms with E-state index >= 15 is 0 Å². The molecule has 0 fully saturated rings. The van der Waals surface area contributed by atoms with Crippen LogP contribution in [-0.4, -0.2) is 28.3 Å². The molecular weight excluding hydrogens is 340 g/mol. The molecule has 0 aromatic carbocycles. The van der Waals surface area contributed by atoms with Gasteiger partial charge in [0.25, 0.3) is 0 Å². The number of carbonyl (C=O) groups excluding carboxylic acids is 2. The second-order valence-corrected chi connectivity index (χ2v) is 6.24. The molecule has 0 radical (unpaired) electrons. The van der Waals surface area contributed by atoms with Crippen molar-refractivity contribution in [3.05, 3.63) is 39.5 Å². The fraction of sp³-hybridized carbons (Fsp3) is 0.294. The lowest BCUT2D eigenvalue weighted by atomic mass is 10.2. The second-order valence-electron chi connectivity index (χ2n) is 5.22. The quantitative estimate of drug-likeness (QED) is 0.655. The zero-order valence-corrected chi connectivity index (χ0v) is 15.2. The molecule has 0 atom stereocenters. The maximum atomic E-state index is 12.1. The summed E-state index contributed by atoms with van der Waals surface area (Å²) in [6, 6.07) is 2.02. The first kappa shape index (κ1) is 18.4. The Labute approximate surface area is 149 Å². The normalized spacial score (nSPS) is 10.7. The molecule has 130 valence electrons. The van der Waals surface area contributed by atoms with Crippen LogP contribution in [0, 0.1) is 25.2 Å². The highest BCUT2D eigenvalue weighted by Gasteiger charge is 2.21. The number of aryl methyl sites for hydroxylation is 1. The van der Waals surface area contributed by atoms with E-state index in [1.807, 2.05) is 20.0 Å². The SMILES string of the molecule is CCOC(=O)c1sc(NC(=O)C=Cc2cnn(C)c2C)c(C#N)c1C. The average Bonchev–Trinajstić information content (AvgIpc) is 3.06. The summed E-state index contributed by atoms with van der Waals surface area (Å²) in [6.45, 7) is 5.51. The van der Waals surface area contributed by atoms with Gasteiger partial charge < -0.3 is 10.1 Å². The summed E-state index contributed by atoms with van der Waals surface area (Å²) in [5.74, 6) is -0.889. The minimum absolute atomic E-state index is 0.243. The lowest BCUT2D eigenvalue weighted by Crippen LogP contribution is -2.07. The van der Waals surface area contributed by atoms with Crippen LogP contribution < -0.4 is 5.32 Å². The minimum atomic E-state index is -0.497. The maximum Gasteiger partial charge on any atom is 0.348 e. The third-order valence-corrected chi connectivity index (χ3v) is 4.83. The van der Waals surface area contributed by atoms with Gasteiger partial charge in [0.2, 0.25) is 5.91 Å². The number of aromatic nitrogens is 2. The summed E-state index contributed by atoms with van der Waals surface area (Å²) in [7, 11) is 1.82. The molecule has 0 unspecified atom stereocenters. The lowest BCUT2D eigenvalue weighted by Gasteiger charge is -1.99. The van der Waals surface area contributed by atoms with Crippen LogP contribution in [0.4, 0.5) is 5.00 Å². The van der Waals surface area contributed by atoms with E-state index in [1.54, 1.807) is 30.8 Å². The Balaban J connectivity index is 2.20. The number of nitrogens with zero attached hydrogens (tertiary/aromatic N) is 3. The molecular formula is C17H18N4O3S. The van der Waals surface area contributed by atoms with Crippen LogP contribution in [0.5, 0.6) is 0 Å². The van der Waals surface area contributed by atoms with Crippen molar-refractivity contribution in [2.24, 2.45) is 7.05 Å². The van der Waals surface area contributed by atoms with Crippen molar-refractivity contribution < 1.29 is 14.3 Å². The summed E-state index contributed by atoms with van der Waals surface area (Å²) in [5.41, 5.74) is 2.53. The van der Waals surface area contributed by atoms with Crippen LogP contribution in [0.3, 0.4) is 0 Å². The molecule has 0 bridgehead atoms. The van der Waals surface area contributed by atoms with E-state index in [-0.39, 0.29) is 12.2 Å². The molecule has 7 nitrogen and oxygen atoms in total. The summed E-state index contributed by atoms with van der Waals surface area (Å²) in [5, 5.41) is 16.4. The molecule has 2 aromatic rings. The van der Waals surface area contributed by atoms with Gasteiger partial charge in [-0.1, -0.05) is 0 Å². The van der Waals surface area contributed by atoms with E-state index in [4.69, 9.17) is 4.74 Å². The van der Waals surface area contributed by atoms with Gasteiger partial charge in [0.15, 0.2) is 0 Å². The molecule has 8 heteroatoms. The van der Waals surface area contributed by atoms with Crippen molar-refractivity contribution in [2.45, 2.75) is 20.8 Å². The smallest absolute Gasteiger partial charge is 0.348 e. The molecule has 25 heavy (non-hydrogen) atoms. The lowest BCUT2D eigenvalue weighted by molar-refractivity contribution is -0.111. The predicted molar refractivity (Wildman–Crippen MR) is 95.3 cm³/mol. The van der Waals surface area contributed by atoms with Crippen LogP contribution >= 0.6 is 11.3 Å². The number of ether oxygens (including phenoxy) is 1. The first-order valence-corrected chi connectivity index (χ1v) is 8.38. The Hall–Kier alpha value is -2.92. The average molecular weight is 358 g/mol. The van der Waals surface area contributed by atoms with E-state index in [2.05, 4.69) is 10.4 Å². The molecule has 0 saturated carbocycles. The van der Waals surface area contributed by atoms with Gasteiger partial charge in [-0.3, -0.25) is 9.48 Å². The standard InChI is InChI=1S/C17H18N4O3S/c1-5-24-17(23)15-10(2)13(8-18)16(25-15)20-14(22)7-6-12-9-19-21(4)11(12)3/h6-7,9H,5H2,1-4H3,(H,20,22). The van der Waals surface area contributed by atoms with E-state index in [0.717, 1.165) is 22.6 Å². The van der Waals surface area contributed by atoms with Crippen LogP contribution in [0.15, 0.2) is 12.3 Å². The molecule has 1 amide bonds. The second kappa shape index (κ2) is 7.77. The van der Waals surface area contributed by atoms with Gasteiger partial charge in [-0.2, -0.15) is 10.4 Å². The number of amides is 1. The molecule has 0 aliphatic carbocycles. The first-order chi connectivity index (χ1) is 11.9. The van der Waals surface area contributed by atoms with E-state index in [9.17, 15) is 14.9 Å². The summed E-state index contributed by atoms with van der Waals surface area (Å²) >= 11 is 1.04. The predicted octanol–water partition coefficient (Wildman–Crippen LogP) is 2.80. The molecule has 0 spiro atoms. The Bertz CT molecular complexity index is 887. The Morgan fingerprint density at radius 1 is 1.48 bits per heavy atom.